The van der Waals surface area contributed by atoms with Crippen molar-refractivity contribution in [2.75, 3.05) is 49.1 Å². The molecule has 2 aliphatic rings. The minimum absolute atomic E-state index is 0.256. The Morgan fingerprint density at radius 3 is 2.50 bits per heavy atom. The van der Waals surface area contributed by atoms with Crippen LogP contribution in [0.2, 0.25) is 25.7 Å². The fraction of sp³-hybridized carbons (Fsp3) is 0.438. The largest absolute Gasteiger partial charge is 0.445 e. The van der Waals surface area contributed by atoms with E-state index in [4.69, 9.17) is 14.5 Å². The van der Waals surface area contributed by atoms with Crippen molar-refractivity contribution in [1.82, 2.24) is 24.2 Å². The highest BCUT2D eigenvalue weighted by Gasteiger charge is 2.31. The summed E-state index contributed by atoms with van der Waals surface area (Å²) in [6.07, 6.45) is 1.61. The Morgan fingerprint density at radius 2 is 1.75 bits per heavy atom. The molecule has 0 spiro atoms. The molecule has 0 saturated carbocycles. The first-order chi connectivity index (χ1) is 21.3. The average Bonchev–Trinajstić information content (AvgIpc) is 3.63. The minimum atomic E-state index is -1.14. The molecule has 12 heteroatoms. The summed E-state index contributed by atoms with van der Waals surface area (Å²) >= 11 is 0. The SMILES string of the molecule is C[Si](C)(C)CCOCn1ncc2c(N3CCn4c(nc(C#N)c4N4CCN(C(=O)OCc5ccccc5)CC4)C3)cccc21. The second kappa shape index (κ2) is 12.7. The molecule has 0 N–H and O–H groups in total. The molecule has 4 aromatic rings. The van der Waals surface area contributed by atoms with Crippen LogP contribution in [0.5, 0.6) is 0 Å². The highest BCUT2D eigenvalue weighted by atomic mass is 28.3. The highest BCUT2D eigenvalue weighted by Crippen LogP contribution is 2.32. The lowest BCUT2D eigenvalue weighted by molar-refractivity contribution is 0.0817. The molecule has 44 heavy (non-hydrogen) atoms. The van der Waals surface area contributed by atoms with Gasteiger partial charge in [0.25, 0.3) is 0 Å². The molecule has 1 amide bonds. The molecule has 2 aromatic carbocycles. The Balaban J connectivity index is 1.11. The number of hydrogen-bond acceptors (Lipinski definition) is 8. The van der Waals surface area contributed by atoms with E-state index in [1.54, 1.807) is 4.90 Å². The van der Waals surface area contributed by atoms with Crippen LogP contribution in [-0.2, 0) is 35.9 Å². The van der Waals surface area contributed by atoms with Gasteiger partial charge in [-0.25, -0.2) is 14.5 Å². The molecular formula is C32H40N8O3Si. The van der Waals surface area contributed by atoms with Gasteiger partial charge in [0.2, 0.25) is 0 Å². The maximum Gasteiger partial charge on any atom is 0.410 e. The molecule has 4 heterocycles. The van der Waals surface area contributed by atoms with Crippen LogP contribution >= 0.6 is 0 Å². The Labute approximate surface area is 259 Å². The van der Waals surface area contributed by atoms with Crippen molar-refractivity contribution in [2.45, 2.75) is 52.1 Å². The standard InChI is InChI=1S/C32H40N8O3Si/c1-44(2,3)19-18-42-24-40-29-11-7-10-28(26(29)21-34-40)38-16-17-39-30(22-38)35-27(20-33)31(39)36-12-14-37(15-13-36)32(41)43-23-25-8-5-4-6-9-25/h4-11,21H,12-19,22-24H2,1-3H3. The number of carbonyl (C=O) groups excluding carboxylic acids is 1. The molecule has 1 fully saturated rings. The molecule has 0 radical (unpaired) electrons. The lowest BCUT2D eigenvalue weighted by Crippen LogP contribution is -2.50. The molecule has 11 nitrogen and oxygen atoms in total. The van der Waals surface area contributed by atoms with Gasteiger partial charge < -0.3 is 28.7 Å². The van der Waals surface area contributed by atoms with Crippen LogP contribution in [0, 0.1) is 11.3 Å². The van der Waals surface area contributed by atoms with E-state index in [9.17, 15) is 10.1 Å². The van der Waals surface area contributed by atoms with Crippen LogP contribution in [0.3, 0.4) is 0 Å². The van der Waals surface area contributed by atoms with Gasteiger partial charge in [-0.15, -0.1) is 0 Å². The molecule has 2 aliphatic heterocycles. The number of nitrogens with zero attached hydrogens (tertiary/aromatic N) is 8. The minimum Gasteiger partial charge on any atom is -0.445 e. The van der Waals surface area contributed by atoms with Gasteiger partial charge in [-0.05, 0) is 23.7 Å². The van der Waals surface area contributed by atoms with Crippen molar-refractivity contribution in [2.24, 2.45) is 0 Å². The Bertz CT molecular complexity index is 1650. The van der Waals surface area contributed by atoms with E-state index < -0.39 is 8.07 Å². The van der Waals surface area contributed by atoms with Crippen LogP contribution in [0.1, 0.15) is 17.1 Å². The summed E-state index contributed by atoms with van der Waals surface area (Å²) in [6, 6.07) is 19.4. The number of imidazole rings is 1. The topological polar surface area (TPSA) is 105 Å². The summed E-state index contributed by atoms with van der Waals surface area (Å²) in [4.78, 5) is 23.7. The van der Waals surface area contributed by atoms with E-state index in [0.717, 1.165) is 53.0 Å². The Morgan fingerprint density at radius 1 is 0.977 bits per heavy atom. The van der Waals surface area contributed by atoms with Crippen molar-refractivity contribution in [3.8, 4) is 6.07 Å². The van der Waals surface area contributed by atoms with Crippen LogP contribution in [-0.4, -0.2) is 77.7 Å². The van der Waals surface area contributed by atoms with Gasteiger partial charge in [0.15, 0.2) is 5.69 Å². The van der Waals surface area contributed by atoms with Crippen molar-refractivity contribution in [1.29, 1.82) is 5.26 Å². The average molecular weight is 613 g/mol. The first kappa shape index (κ1) is 29.7. The molecule has 1 saturated heterocycles. The molecule has 230 valence electrons. The van der Waals surface area contributed by atoms with Crippen molar-refractivity contribution in [3.05, 3.63) is 71.8 Å². The third-order valence-corrected chi connectivity index (χ3v) is 10.0. The van der Waals surface area contributed by atoms with Gasteiger partial charge in [-0.2, -0.15) is 10.4 Å². The number of hydrogen-bond donors (Lipinski definition) is 0. The van der Waals surface area contributed by atoms with Crippen molar-refractivity contribution in [3.63, 3.8) is 0 Å². The summed E-state index contributed by atoms with van der Waals surface area (Å²) in [7, 11) is -1.14. The van der Waals surface area contributed by atoms with Crippen molar-refractivity contribution >= 4 is 36.6 Å². The van der Waals surface area contributed by atoms with Gasteiger partial charge in [0, 0.05) is 65.0 Å². The zero-order valence-corrected chi connectivity index (χ0v) is 26.8. The van der Waals surface area contributed by atoms with Gasteiger partial charge in [0.1, 0.15) is 31.0 Å². The van der Waals surface area contributed by atoms with Crippen LogP contribution in [0.15, 0.2) is 54.7 Å². The Kier molecular flexibility index (Phi) is 8.59. The number of aromatic nitrogens is 4. The summed E-state index contributed by atoms with van der Waals surface area (Å²) in [5.41, 5.74) is 3.55. The predicted octanol–water partition coefficient (Wildman–Crippen LogP) is 4.90. The maximum atomic E-state index is 12.7. The first-order valence-electron chi connectivity index (χ1n) is 15.3. The number of rotatable bonds is 9. The van der Waals surface area contributed by atoms with Gasteiger partial charge in [-0.1, -0.05) is 56.0 Å². The zero-order chi connectivity index (χ0) is 30.7. The predicted molar refractivity (Wildman–Crippen MR) is 172 cm³/mol. The first-order valence-corrected chi connectivity index (χ1v) is 19.0. The number of ether oxygens (including phenoxy) is 2. The third-order valence-electron chi connectivity index (χ3n) is 8.31. The third kappa shape index (κ3) is 6.44. The number of amides is 1. The molecule has 6 rings (SSSR count). The van der Waals surface area contributed by atoms with E-state index >= 15 is 0 Å². The fourth-order valence-corrected chi connectivity index (χ4v) is 6.58. The second-order valence-corrected chi connectivity index (χ2v) is 18.2. The summed E-state index contributed by atoms with van der Waals surface area (Å²) in [5.74, 6) is 1.72. The fourth-order valence-electron chi connectivity index (χ4n) is 5.82. The quantitative estimate of drug-likeness (QED) is 0.194. The molecule has 0 bridgehead atoms. The Hall–Kier alpha value is -4.34. The maximum absolute atomic E-state index is 12.7. The second-order valence-electron chi connectivity index (χ2n) is 12.6. The number of benzene rings is 2. The molecule has 0 unspecified atom stereocenters. The molecule has 0 aliphatic carbocycles. The van der Waals surface area contributed by atoms with E-state index in [2.05, 4.69) is 63.4 Å². The normalized spacial score (nSPS) is 15.4. The van der Waals surface area contributed by atoms with Gasteiger partial charge in [0.05, 0.1) is 18.3 Å². The smallest absolute Gasteiger partial charge is 0.410 e. The van der Waals surface area contributed by atoms with Crippen molar-refractivity contribution < 1.29 is 14.3 Å². The number of piperazine rings is 1. The molecule has 2 aromatic heterocycles. The number of carbonyl (C=O) groups is 1. The lowest BCUT2D eigenvalue weighted by atomic mass is 10.2. The van der Waals surface area contributed by atoms with Crippen LogP contribution in [0.25, 0.3) is 10.9 Å². The zero-order valence-electron chi connectivity index (χ0n) is 25.8. The summed E-state index contributed by atoms with van der Waals surface area (Å²) in [6.45, 7) is 12.9. The van der Waals surface area contributed by atoms with E-state index in [0.29, 0.717) is 51.7 Å². The molecular weight excluding hydrogens is 572 g/mol. The van der Waals surface area contributed by atoms with E-state index in [1.807, 2.05) is 41.2 Å². The van der Waals surface area contributed by atoms with E-state index in [-0.39, 0.29) is 12.7 Å². The summed E-state index contributed by atoms with van der Waals surface area (Å²) in [5, 5.41) is 15.7. The number of anilines is 2. The number of nitriles is 1. The van der Waals surface area contributed by atoms with Gasteiger partial charge in [-0.3, -0.25) is 0 Å². The monoisotopic (exact) mass is 612 g/mol. The lowest BCUT2D eigenvalue weighted by Gasteiger charge is -2.37. The van der Waals surface area contributed by atoms with Crippen LogP contribution in [0.4, 0.5) is 16.3 Å². The summed E-state index contributed by atoms with van der Waals surface area (Å²) < 4.78 is 15.6. The highest BCUT2D eigenvalue weighted by molar-refractivity contribution is 6.76. The van der Waals surface area contributed by atoms with E-state index in [1.165, 1.54) is 0 Å². The number of fused-ring (bicyclic) bond motifs is 2. The van der Waals surface area contributed by atoms with Gasteiger partial charge >= 0.3 is 6.09 Å². The van der Waals surface area contributed by atoms with Crippen LogP contribution < -0.4 is 9.80 Å². The molecule has 0 atom stereocenters.